The second-order valence-corrected chi connectivity index (χ2v) is 9.33. The molecule has 1 saturated heterocycles. The molecule has 8 heteroatoms. The van der Waals surface area contributed by atoms with Crippen molar-refractivity contribution in [3.8, 4) is 0 Å². The van der Waals surface area contributed by atoms with E-state index in [-0.39, 0.29) is 24.9 Å². The van der Waals surface area contributed by atoms with E-state index in [1.54, 1.807) is 0 Å². The van der Waals surface area contributed by atoms with Gasteiger partial charge in [0.05, 0.1) is 24.9 Å². The second kappa shape index (κ2) is 8.88. The molecule has 6 N–H and O–H groups in total. The molecule has 0 aromatic carbocycles. The van der Waals surface area contributed by atoms with E-state index < -0.39 is 49.0 Å². The average molecular weight is 417 g/mol. The molecule has 10 atom stereocenters. The fourth-order valence-corrected chi connectivity index (χ4v) is 5.32. The van der Waals surface area contributed by atoms with Crippen LogP contribution in [-0.4, -0.2) is 86.3 Å². The van der Waals surface area contributed by atoms with Crippen LogP contribution in [0.1, 0.15) is 40.0 Å². The molecule has 29 heavy (non-hydrogen) atoms. The number of rotatable bonds is 5. The smallest absolute Gasteiger partial charge is 0.187 e. The third kappa shape index (κ3) is 4.14. The highest BCUT2D eigenvalue weighted by Crippen LogP contribution is 2.51. The van der Waals surface area contributed by atoms with Crippen molar-refractivity contribution in [2.75, 3.05) is 13.2 Å². The number of hydrogen-bond donors (Lipinski definition) is 6. The Hall–Kier alpha value is -0.580. The Balaban J connectivity index is 1.85. The first-order valence-electron chi connectivity index (χ1n) is 10.6. The van der Waals surface area contributed by atoms with Gasteiger partial charge in [0.2, 0.25) is 0 Å². The van der Waals surface area contributed by atoms with Crippen LogP contribution in [0.25, 0.3) is 0 Å². The minimum atomic E-state index is -1.54. The molecule has 3 rings (SSSR count). The Bertz CT molecular complexity index is 593. The topological polar surface area (TPSA) is 140 Å². The van der Waals surface area contributed by atoms with Crippen LogP contribution >= 0.6 is 0 Å². The van der Waals surface area contributed by atoms with E-state index in [0.29, 0.717) is 17.4 Å². The van der Waals surface area contributed by atoms with Crippen molar-refractivity contribution in [1.82, 2.24) is 0 Å². The summed E-state index contributed by atoms with van der Waals surface area (Å²) in [5.74, 6) is 0.632. The Labute approximate surface area is 171 Å². The highest BCUT2D eigenvalue weighted by Gasteiger charge is 2.53. The van der Waals surface area contributed by atoms with Crippen LogP contribution in [0.4, 0.5) is 0 Å². The van der Waals surface area contributed by atoms with E-state index in [2.05, 4.69) is 13.8 Å². The summed E-state index contributed by atoms with van der Waals surface area (Å²) in [5.41, 5.74) is -0.402. The largest absolute Gasteiger partial charge is 0.394 e. The van der Waals surface area contributed by atoms with Crippen LogP contribution in [0.3, 0.4) is 0 Å². The van der Waals surface area contributed by atoms with Gasteiger partial charge >= 0.3 is 0 Å². The van der Waals surface area contributed by atoms with Crippen molar-refractivity contribution in [2.24, 2.45) is 23.7 Å². The lowest BCUT2D eigenvalue weighted by atomic mass is 9.57. The molecule has 1 saturated carbocycles. The van der Waals surface area contributed by atoms with Crippen molar-refractivity contribution in [2.45, 2.75) is 82.4 Å². The number of fused-ring (bicyclic) bond motifs is 1. The van der Waals surface area contributed by atoms with Crippen LogP contribution in [0.2, 0.25) is 0 Å². The van der Waals surface area contributed by atoms with Crippen molar-refractivity contribution in [3.05, 3.63) is 11.6 Å². The molecule has 0 aromatic heterocycles. The number of aliphatic hydroxyl groups is 6. The maximum atomic E-state index is 11.6. The maximum absolute atomic E-state index is 11.6. The molecule has 8 nitrogen and oxygen atoms in total. The third-order valence-electron chi connectivity index (χ3n) is 7.33. The molecule has 0 bridgehead atoms. The predicted molar refractivity (Wildman–Crippen MR) is 104 cm³/mol. The van der Waals surface area contributed by atoms with Gasteiger partial charge in [0.15, 0.2) is 6.29 Å². The number of ether oxygens (including phenoxy) is 2. The molecule has 0 spiro atoms. The summed E-state index contributed by atoms with van der Waals surface area (Å²) in [4.78, 5) is 0. The summed E-state index contributed by atoms with van der Waals surface area (Å²) in [6.07, 6.45) is -3.54. The van der Waals surface area contributed by atoms with Gasteiger partial charge in [0.1, 0.15) is 24.4 Å². The molecule has 1 aliphatic heterocycles. The standard InChI is InChI=1S/C21H36O8/c1-10(2)13-5-4-11(3)21(27)7-15(12(8-22)6-14(13)21)28-20-19(26)18(25)17(24)16(9-23)29-20/h6,10-11,13-20,22-27H,4-5,7-9H2,1-3H3. The Kier molecular flexibility index (Phi) is 7.07. The van der Waals surface area contributed by atoms with Gasteiger partial charge in [-0.3, -0.25) is 0 Å². The Morgan fingerprint density at radius 2 is 1.83 bits per heavy atom. The van der Waals surface area contributed by atoms with Gasteiger partial charge in [-0.2, -0.15) is 0 Å². The summed E-state index contributed by atoms with van der Waals surface area (Å²) in [6, 6.07) is 0. The average Bonchev–Trinajstić information content (AvgIpc) is 2.68. The van der Waals surface area contributed by atoms with E-state index in [0.717, 1.165) is 12.8 Å². The highest BCUT2D eigenvalue weighted by molar-refractivity contribution is 5.23. The molecule has 3 aliphatic rings. The number of hydrogen-bond acceptors (Lipinski definition) is 8. The van der Waals surface area contributed by atoms with Gasteiger partial charge in [-0.05, 0) is 36.2 Å². The van der Waals surface area contributed by atoms with Crippen LogP contribution < -0.4 is 0 Å². The summed E-state index contributed by atoms with van der Waals surface area (Å²) in [5, 5.41) is 61.2. The van der Waals surface area contributed by atoms with Crippen molar-refractivity contribution in [1.29, 1.82) is 0 Å². The van der Waals surface area contributed by atoms with E-state index in [1.165, 1.54) is 0 Å². The number of aliphatic hydroxyl groups excluding tert-OH is 5. The molecule has 0 aromatic rings. The zero-order valence-corrected chi connectivity index (χ0v) is 17.4. The van der Waals surface area contributed by atoms with Crippen molar-refractivity contribution >= 4 is 0 Å². The normalized spacial score (nSPS) is 48.3. The molecular weight excluding hydrogens is 380 g/mol. The van der Waals surface area contributed by atoms with Gasteiger partial charge in [-0.1, -0.05) is 26.8 Å². The first kappa shape index (κ1) is 23.1. The van der Waals surface area contributed by atoms with Gasteiger partial charge in [-0.25, -0.2) is 0 Å². The SMILES string of the molecule is CC(C)C1CCC(C)C2(O)CC(OC3OC(CO)C(O)C(O)C3O)C(CO)=CC12. The maximum Gasteiger partial charge on any atom is 0.187 e. The third-order valence-corrected chi connectivity index (χ3v) is 7.33. The van der Waals surface area contributed by atoms with Crippen LogP contribution in [-0.2, 0) is 9.47 Å². The lowest BCUT2D eigenvalue weighted by molar-refractivity contribution is -0.313. The summed E-state index contributed by atoms with van der Waals surface area (Å²) in [7, 11) is 0. The molecule has 1 heterocycles. The molecular formula is C21H36O8. The van der Waals surface area contributed by atoms with E-state index in [9.17, 15) is 30.6 Å². The lowest BCUT2D eigenvalue weighted by Gasteiger charge is -2.53. The summed E-state index contributed by atoms with van der Waals surface area (Å²) in [6.45, 7) is 5.51. The molecule has 10 unspecified atom stereocenters. The first-order valence-corrected chi connectivity index (χ1v) is 10.6. The van der Waals surface area contributed by atoms with Crippen molar-refractivity contribution in [3.63, 3.8) is 0 Å². The Morgan fingerprint density at radius 1 is 1.14 bits per heavy atom. The second-order valence-electron chi connectivity index (χ2n) is 9.33. The minimum absolute atomic E-state index is 0.0416. The van der Waals surface area contributed by atoms with Gasteiger partial charge in [0, 0.05) is 12.3 Å². The lowest BCUT2D eigenvalue weighted by Crippen LogP contribution is -2.61. The van der Waals surface area contributed by atoms with Crippen LogP contribution in [0, 0.1) is 23.7 Å². The van der Waals surface area contributed by atoms with Crippen LogP contribution in [0.15, 0.2) is 11.6 Å². The molecule has 168 valence electrons. The van der Waals surface area contributed by atoms with Crippen LogP contribution in [0.5, 0.6) is 0 Å². The highest BCUT2D eigenvalue weighted by atomic mass is 16.7. The van der Waals surface area contributed by atoms with Gasteiger partial charge < -0.3 is 40.1 Å². The summed E-state index contributed by atoms with van der Waals surface area (Å²) >= 11 is 0. The minimum Gasteiger partial charge on any atom is -0.394 e. The Morgan fingerprint density at radius 3 is 2.41 bits per heavy atom. The molecule has 0 radical (unpaired) electrons. The predicted octanol–water partition coefficient (Wildman–Crippen LogP) is -0.457. The fourth-order valence-electron chi connectivity index (χ4n) is 5.32. The van der Waals surface area contributed by atoms with E-state index in [4.69, 9.17) is 9.47 Å². The molecule has 0 amide bonds. The quantitative estimate of drug-likeness (QED) is 0.331. The fraction of sp³-hybridized carbons (Fsp3) is 0.905. The van der Waals surface area contributed by atoms with E-state index in [1.807, 2.05) is 13.0 Å². The van der Waals surface area contributed by atoms with Crippen molar-refractivity contribution < 1.29 is 40.1 Å². The van der Waals surface area contributed by atoms with Gasteiger partial charge in [-0.15, -0.1) is 0 Å². The zero-order chi connectivity index (χ0) is 21.5. The first-order chi connectivity index (χ1) is 13.6. The molecule has 2 aliphatic carbocycles. The zero-order valence-electron chi connectivity index (χ0n) is 17.4. The molecule has 2 fully saturated rings. The summed E-state index contributed by atoms with van der Waals surface area (Å²) < 4.78 is 11.4. The van der Waals surface area contributed by atoms with E-state index >= 15 is 0 Å². The monoisotopic (exact) mass is 416 g/mol. The van der Waals surface area contributed by atoms with Gasteiger partial charge in [0.25, 0.3) is 0 Å².